The Morgan fingerprint density at radius 1 is 1.19 bits per heavy atom. The van der Waals surface area contributed by atoms with Gasteiger partial charge in [0.15, 0.2) is 13.1 Å². The molecular formula is C17H24N5O4+. The van der Waals surface area contributed by atoms with E-state index in [-0.39, 0.29) is 19.0 Å². The molecule has 3 N–H and O–H groups in total. The summed E-state index contributed by atoms with van der Waals surface area (Å²) in [6.45, 7) is 1.66. The molecule has 26 heavy (non-hydrogen) atoms. The fraction of sp³-hybridized carbons (Fsp3) is 0.412. The van der Waals surface area contributed by atoms with Gasteiger partial charge in [-0.1, -0.05) is 30.3 Å². The minimum atomic E-state index is -1.24. The first kappa shape index (κ1) is 19.4. The molecule has 1 aliphatic rings. The molecule has 9 heteroatoms. The summed E-state index contributed by atoms with van der Waals surface area (Å²) in [6.07, 6.45) is 0. The number of quaternary nitrogens is 1. The highest BCUT2D eigenvalue weighted by Gasteiger charge is 2.50. The summed E-state index contributed by atoms with van der Waals surface area (Å²) in [6, 6.07) is 8.10. The Hall–Kier alpha value is -2.94. The number of carbonyl (C=O) groups is 4. The predicted molar refractivity (Wildman–Crippen MR) is 92.6 cm³/mol. The van der Waals surface area contributed by atoms with Crippen molar-refractivity contribution < 1.29 is 24.1 Å². The van der Waals surface area contributed by atoms with Crippen molar-refractivity contribution >= 4 is 23.8 Å². The molecule has 1 heterocycles. The molecule has 1 aliphatic heterocycles. The van der Waals surface area contributed by atoms with E-state index in [9.17, 15) is 19.2 Å². The smallest absolute Gasteiger partial charge is 0.344 e. The number of urea groups is 1. The zero-order valence-electron chi connectivity index (χ0n) is 15.3. The third kappa shape index (κ3) is 3.99. The summed E-state index contributed by atoms with van der Waals surface area (Å²) in [5, 5.41) is 3.30. The van der Waals surface area contributed by atoms with Gasteiger partial charge in [-0.05, 0) is 12.5 Å². The molecule has 0 aliphatic carbocycles. The first-order valence-corrected chi connectivity index (χ1v) is 8.18. The fourth-order valence-electron chi connectivity index (χ4n) is 2.62. The van der Waals surface area contributed by atoms with Crippen LogP contribution in [0.5, 0.6) is 0 Å². The summed E-state index contributed by atoms with van der Waals surface area (Å²) >= 11 is 0. The van der Waals surface area contributed by atoms with E-state index in [1.165, 1.54) is 4.90 Å². The summed E-state index contributed by atoms with van der Waals surface area (Å²) in [4.78, 5) is 50.8. The molecule has 0 spiro atoms. The topological polar surface area (TPSA) is 103 Å². The molecule has 5 amide bonds. The number of nitrogens with one attached hydrogen (secondary N) is 3. The van der Waals surface area contributed by atoms with Gasteiger partial charge in [-0.2, -0.15) is 5.01 Å². The Labute approximate surface area is 151 Å². The second-order valence-corrected chi connectivity index (χ2v) is 6.70. The maximum absolute atomic E-state index is 12.7. The number of hydrogen-bond acceptors (Lipinski definition) is 4. The summed E-state index contributed by atoms with van der Waals surface area (Å²) < 4.78 is 0. The zero-order chi connectivity index (χ0) is 19.5. The quantitative estimate of drug-likeness (QED) is 0.514. The molecular weight excluding hydrogens is 338 g/mol. The highest BCUT2D eigenvalue weighted by Crippen LogP contribution is 2.27. The molecule has 1 aromatic rings. The van der Waals surface area contributed by atoms with Gasteiger partial charge in [-0.15, -0.1) is 0 Å². The molecule has 9 nitrogen and oxygen atoms in total. The molecule has 1 saturated heterocycles. The van der Waals surface area contributed by atoms with Gasteiger partial charge in [0, 0.05) is 14.1 Å². The molecule has 0 aromatic heterocycles. The van der Waals surface area contributed by atoms with Crippen LogP contribution in [-0.2, 0) is 19.9 Å². The van der Waals surface area contributed by atoms with E-state index < -0.39 is 23.4 Å². The summed E-state index contributed by atoms with van der Waals surface area (Å²) in [5.41, 5.74) is 1.70. The van der Waals surface area contributed by atoms with Crippen LogP contribution in [0, 0.1) is 0 Å². The van der Waals surface area contributed by atoms with Gasteiger partial charge in [-0.25, -0.2) is 4.79 Å². The highest BCUT2D eigenvalue weighted by atomic mass is 16.2. The molecule has 1 unspecified atom stereocenters. The lowest BCUT2D eigenvalue weighted by Crippen LogP contribution is -3.11. The van der Waals surface area contributed by atoms with E-state index in [4.69, 9.17) is 0 Å². The van der Waals surface area contributed by atoms with E-state index >= 15 is 0 Å². The van der Waals surface area contributed by atoms with Crippen molar-refractivity contribution in [2.24, 2.45) is 0 Å². The van der Waals surface area contributed by atoms with Crippen LogP contribution in [0.2, 0.25) is 0 Å². The first-order chi connectivity index (χ1) is 12.1. The van der Waals surface area contributed by atoms with Crippen molar-refractivity contribution in [2.75, 3.05) is 34.2 Å². The minimum Gasteiger partial charge on any atom is -0.344 e. The lowest BCUT2D eigenvalue weighted by Gasteiger charge is -2.22. The van der Waals surface area contributed by atoms with Gasteiger partial charge in [0.2, 0.25) is 0 Å². The number of carbonyl (C=O) groups excluding carboxylic acids is 4. The molecule has 0 saturated carbocycles. The number of hydrogen-bond donors (Lipinski definition) is 3. The van der Waals surface area contributed by atoms with Gasteiger partial charge < -0.3 is 15.1 Å². The Morgan fingerprint density at radius 3 is 2.38 bits per heavy atom. The Bertz CT molecular complexity index is 721. The van der Waals surface area contributed by atoms with Crippen molar-refractivity contribution in [3.63, 3.8) is 0 Å². The second-order valence-electron chi connectivity index (χ2n) is 6.70. The van der Waals surface area contributed by atoms with Crippen LogP contribution in [0.1, 0.15) is 12.5 Å². The monoisotopic (exact) mass is 362 g/mol. The Morgan fingerprint density at radius 2 is 1.81 bits per heavy atom. The Kier molecular flexibility index (Phi) is 5.61. The van der Waals surface area contributed by atoms with Gasteiger partial charge in [0.25, 0.3) is 17.7 Å². The van der Waals surface area contributed by atoms with Gasteiger partial charge in [0.1, 0.15) is 5.54 Å². The third-order valence-corrected chi connectivity index (χ3v) is 4.19. The maximum Gasteiger partial charge on any atom is 0.344 e. The van der Waals surface area contributed by atoms with Crippen LogP contribution in [0.4, 0.5) is 4.79 Å². The van der Waals surface area contributed by atoms with Crippen LogP contribution >= 0.6 is 0 Å². The maximum atomic E-state index is 12.7. The van der Waals surface area contributed by atoms with Gasteiger partial charge in [0.05, 0.1) is 7.05 Å². The molecule has 1 aromatic carbocycles. The lowest BCUT2D eigenvalue weighted by atomic mass is 9.92. The molecule has 140 valence electrons. The number of hydrazine groups is 1. The van der Waals surface area contributed by atoms with Crippen molar-refractivity contribution in [1.29, 1.82) is 0 Å². The highest BCUT2D eigenvalue weighted by molar-refractivity contribution is 6.08. The number of benzene rings is 1. The minimum absolute atomic E-state index is 0.0569. The van der Waals surface area contributed by atoms with E-state index in [0.717, 1.165) is 0 Å². The van der Waals surface area contributed by atoms with E-state index in [1.807, 2.05) is 0 Å². The first-order valence-electron chi connectivity index (χ1n) is 8.18. The molecule has 2 rings (SSSR count). The number of nitrogens with zero attached hydrogens (tertiary/aromatic N) is 2. The van der Waals surface area contributed by atoms with Crippen LogP contribution in [0.3, 0.4) is 0 Å². The molecule has 2 atom stereocenters. The van der Waals surface area contributed by atoms with Gasteiger partial charge in [-0.3, -0.25) is 19.8 Å². The number of imide groups is 1. The fourth-order valence-corrected chi connectivity index (χ4v) is 2.62. The molecule has 1 fully saturated rings. The average molecular weight is 362 g/mol. The van der Waals surface area contributed by atoms with E-state index in [1.54, 1.807) is 58.4 Å². The van der Waals surface area contributed by atoms with Crippen LogP contribution < -0.4 is 15.6 Å². The van der Waals surface area contributed by atoms with Crippen molar-refractivity contribution in [3.05, 3.63) is 35.9 Å². The Balaban J connectivity index is 2.01. The summed E-state index contributed by atoms with van der Waals surface area (Å²) in [7, 11) is 4.95. The zero-order valence-corrected chi connectivity index (χ0v) is 15.3. The van der Waals surface area contributed by atoms with Crippen LogP contribution in [0.25, 0.3) is 0 Å². The van der Waals surface area contributed by atoms with Crippen molar-refractivity contribution in [1.82, 2.24) is 20.7 Å². The second kappa shape index (κ2) is 7.52. The molecule has 0 radical (unpaired) electrons. The lowest BCUT2D eigenvalue weighted by molar-refractivity contribution is -0.863. The van der Waals surface area contributed by atoms with E-state index in [0.29, 0.717) is 15.5 Å². The number of rotatable bonds is 6. The normalized spacial score (nSPS) is 20.5. The standard InChI is InChI=1S/C17H23N5O4/c1-17(12-8-6-5-7-9-12)15(25)22(16(26)18-17)19-13(23)10-21(4)11-14(24)20(2)3/h5-9H,10-11H2,1-4H3,(H,18,26)(H,19,23)/p+1/t17-/m1/s1. The van der Waals surface area contributed by atoms with Crippen molar-refractivity contribution in [3.8, 4) is 0 Å². The van der Waals surface area contributed by atoms with E-state index in [2.05, 4.69) is 10.7 Å². The van der Waals surface area contributed by atoms with Gasteiger partial charge >= 0.3 is 6.03 Å². The molecule has 0 bridgehead atoms. The van der Waals surface area contributed by atoms with Crippen LogP contribution in [0.15, 0.2) is 30.3 Å². The predicted octanol–water partition coefficient (Wildman–Crippen LogP) is -1.91. The largest absolute Gasteiger partial charge is 0.344 e. The van der Waals surface area contributed by atoms with Crippen molar-refractivity contribution in [2.45, 2.75) is 12.5 Å². The third-order valence-electron chi connectivity index (χ3n) is 4.19. The average Bonchev–Trinajstić information content (AvgIpc) is 2.79. The van der Waals surface area contributed by atoms with Crippen LogP contribution in [-0.4, -0.2) is 67.9 Å². The summed E-state index contributed by atoms with van der Waals surface area (Å²) in [5.74, 6) is -1.22. The number of amides is 5. The SMILES string of the molecule is CN(C)C(=O)C[NH+](C)CC(=O)NN1C(=O)N[C@](C)(c2ccccc2)C1=O. The number of likely N-dealkylation sites (N-methyl/N-ethyl adjacent to an activating group) is 2.